The average Bonchev–Trinajstić information content (AvgIpc) is 3.19. The Kier molecular flexibility index (Phi) is 5.67. The SMILES string of the molecule is O=C1COc2ccc(OCc3cncs3)nc2CN1CCOc1ccccc1. The van der Waals surface area contributed by atoms with Gasteiger partial charge in [-0.25, -0.2) is 4.98 Å². The lowest BCUT2D eigenvalue weighted by Gasteiger charge is -2.19. The summed E-state index contributed by atoms with van der Waals surface area (Å²) in [5.41, 5.74) is 2.44. The van der Waals surface area contributed by atoms with E-state index in [-0.39, 0.29) is 12.5 Å². The number of nitrogens with zero attached hydrogens (tertiary/aromatic N) is 3. The van der Waals surface area contributed by atoms with E-state index < -0.39 is 0 Å². The molecule has 1 aliphatic heterocycles. The fourth-order valence-electron chi connectivity index (χ4n) is 2.75. The van der Waals surface area contributed by atoms with Gasteiger partial charge in [0.1, 0.15) is 30.4 Å². The summed E-state index contributed by atoms with van der Waals surface area (Å²) < 4.78 is 17.0. The summed E-state index contributed by atoms with van der Waals surface area (Å²) in [6, 6.07) is 13.1. The van der Waals surface area contributed by atoms with Crippen LogP contribution in [0.25, 0.3) is 0 Å². The summed E-state index contributed by atoms with van der Waals surface area (Å²) in [7, 11) is 0. The third-order valence-corrected chi connectivity index (χ3v) is 4.92. The van der Waals surface area contributed by atoms with Gasteiger partial charge in [-0.1, -0.05) is 18.2 Å². The van der Waals surface area contributed by atoms with Crippen LogP contribution >= 0.6 is 11.3 Å². The molecule has 1 amide bonds. The predicted molar refractivity (Wildman–Crippen MR) is 104 cm³/mol. The van der Waals surface area contributed by atoms with Gasteiger partial charge in [-0.15, -0.1) is 11.3 Å². The lowest BCUT2D eigenvalue weighted by atomic mass is 10.3. The maximum Gasteiger partial charge on any atom is 0.260 e. The van der Waals surface area contributed by atoms with Crippen LogP contribution in [0, 0.1) is 0 Å². The van der Waals surface area contributed by atoms with E-state index in [1.807, 2.05) is 30.3 Å². The van der Waals surface area contributed by atoms with Crippen LogP contribution in [0.3, 0.4) is 0 Å². The highest BCUT2D eigenvalue weighted by Gasteiger charge is 2.23. The normalized spacial score (nSPS) is 13.4. The Hall–Kier alpha value is -3.13. The third kappa shape index (κ3) is 4.58. The van der Waals surface area contributed by atoms with Crippen molar-refractivity contribution in [2.75, 3.05) is 19.8 Å². The predicted octanol–water partition coefficient (Wildman–Crippen LogP) is 2.92. The average molecular weight is 397 g/mol. The van der Waals surface area contributed by atoms with Crippen LogP contribution in [0.5, 0.6) is 17.4 Å². The molecule has 0 N–H and O–H groups in total. The molecule has 4 rings (SSSR count). The molecule has 8 heteroatoms. The summed E-state index contributed by atoms with van der Waals surface area (Å²) in [5, 5.41) is 0. The van der Waals surface area contributed by atoms with E-state index in [1.54, 1.807) is 28.7 Å². The molecule has 0 fully saturated rings. The fraction of sp³-hybridized carbons (Fsp3) is 0.250. The second-order valence-corrected chi connectivity index (χ2v) is 7.09. The van der Waals surface area contributed by atoms with E-state index in [0.717, 1.165) is 10.6 Å². The zero-order valence-corrected chi connectivity index (χ0v) is 15.9. The molecule has 0 radical (unpaired) electrons. The summed E-state index contributed by atoms with van der Waals surface area (Å²) in [5.74, 6) is 1.77. The van der Waals surface area contributed by atoms with Crippen molar-refractivity contribution in [2.45, 2.75) is 13.2 Å². The number of aromatic nitrogens is 2. The van der Waals surface area contributed by atoms with E-state index >= 15 is 0 Å². The van der Waals surface area contributed by atoms with E-state index in [9.17, 15) is 4.79 Å². The van der Waals surface area contributed by atoms with Gasteiger partial charge in [0.15, 0.2) is 6.61 Å². The topological polar surface area (TPSA) is 73.8 Å². The summed E-state index contributed by atoms with van der Waals surface area (Å²) in [6.07, 6.45) is 1.77. The molecule has 0 saturated heterocycles. The van der Waals surface area contributed by atoms with Crippen LogP contribution in [-0.2, 0) is 17.9 Å². The van der Waals surface area contributed by atoms with Crippen molar-refractivity contribution in [2.24, 2.45) is 0 Å². The highest BCUT2D eigenvalue weighted by molar-refractivity contribution is 7.09. The van der Waals surface area contributed by atoms with Gasteiger partial charge in [-0.3, -0.25) is 9.78 Å². The van der Waals surface area contributed by atoms with E-state index in [2.05, 4.69) is 9.97 Å². The minimum Gasteiger partial charge on any atom is -0.492 e. The Morgan fingerprint density at radius 2 is 2.04 bits per heavy atom. The maximum absolute atomic E-state index is 12.4. The van der Waals surface area contributed by atoms with Crippen molar-refractivity contribution < 1.29 is 19.0 Å². The Labute approximate surface area is 166 Å². The molecule has 144 valence electrons. The molecule has 2 aromatic heterocycles. The van der Waals surface area contributed by atoms with Crippen molar-refractivity contribution in [3.63, 3.8) is 0 Å². The summed E-state index contributed by atoms with van der Waals surface area (Å²) in [6.45, 7) is 1.59. The number of pyridine rings is 1. The minimum absolute atomic E-state index is 0.0128. The molecular formula is C20H19N3O4S. The highest BCUT2D eigenvalue weighted by Crippen LogP contribution is 2.25. The molecule has 0 bridgehead atoms. The summed E-state index contributed by atoms with van der Waals surface area (Å²) in [4.78, 5) is 23.6. The zero-order valence-electron chi connectivity index (χ0n) is 15.1. The minimum atomic E-state index is -0.0956. The van der Waals surface area contributed by atoms with Crippen LogP contribution in [0.4, 0.5) is 0 Å². The van der Waals surface area contributed by atoms with E-state index in [0.29, 0.717) is 43.6 Å². The van der Waals surface area contributed by atoms with Crippen molar-refractivity contribution in [1.82, 2.24) is 14.9 Å². The first kappa shape index (κ1) is 18.2. The zero-order chi connectivity index (χ0) is 19.2. The van der Waals surface area contributed by atoms with Crippen LogP contribution in [0.1, 0.15) is 10.6 Å². The summed E-state index contributed by atoms with van der Waals surface area (Å²) >= 11 is 1.53. The lowest BCUT2D eigenvalue weighted by Crippen LogP contribution is -2.35. The van der Waals surface area contributed by atoms with Gasteiger partial charge in [0.05, 0.1) is 23.5 Å². The molecule has 7 nitrogen and oxygen atoms in total. The number of hydrogen-bond acceptors (Lipinski definition) is 7. The number of benzene rings is 1. The second kappa shape index (κ2) is 8.71. The Balaban J connectivity index is 1.39. The van der Waals surface area contributed by atoms with Crippen LogP contribution < -0.4 is 14.2 Å². The number of fused-ring (bicyclic) bond motifs is 1. The highest BCUT2D eigenvalue weighted by atomic mass is 32.1. The number of rotatable bonds is 7. The fourth-order valence-corrected chi connectivity index (χ4v) is 3.25. The molecule has 3 aromatic rings. The molecule has 0 saturated carbocycles. The first-order chi connectivity index (χ1) is 13.8. The monoisotopic (exact) mass is 397 g/mol. The Bertz CT molecular complexity index is 918. The molecule has 3 heterocycles. The number of amides is 1. The van der Waals surface area contributed by atoms with Gasteiger partial charge in [-0.2, -0.15) is 0 Å². The van der Waals surface area contributed by atoms with Gasteiger partial charge < -0.3 is 19.1 Å². The molecule has 28 heavy (non-hydrogen) atoms. The van der Waals surface area contributed by atoms with Crippen LogP contribution in [0.2, 0.25) is 0 Å². The van der Waals surface area contributed by atoms with Crippen molar-refractivity contribution in [1.29, 1.82) is 0 Å². The quantitative estimate of drug-likeness (QED) is 0.610. The number of carbonyl (C=O) groups is 1. The van der Waals surface area contributed by atoms with Crippen molar-refractivity contribution in [3.05, 3.63) is 64.7 Å². The molecule has 1 aromatic carbocycles. The van der Waals surface area contributed by atoms with E-state index in [1.165, 1.54) is 11.3 Å². The molecule has 0 aliphatic carbocycles. The van der Waals surface area contributed by atoms with Gasteiger partial charge in [-0.05, 0) is 18.2 Å². The largest absolute Gasteiger partial charge is 0.492 e. The first-order valence-corrected chi connectivity index (χ1v) is 9.74. The number of hydrogen-bond donors (Lipinski definition) is 0. The molecule has 0 unspecified atom stereocenters. The van der Waals surface area contributed by atoms with E-state index in [4.69, 9.17) is 14.2 Å². The van der Waals surface area contributed by atoms with Crippen molar-refractivity contribution >= 4 is 17.2 Å². The Morgan fingerprint density at radius 1 is 1.14 bits per heavy atom. The van der Waals surface area contributed by atoms with Gasteiger partial charge >= 0.3 is 0 Å². The van der Waals surface area contributed by atoms with Gasteiger partial charge in [0.2, 0.25) is 5.88 Å². The second-order valence-electron chi connectivity index (χ2n) is 6.12. The van der Waals surface area contributed by atoms with Gasteiger partial charge in [0.25, 0.3) is 5.91 Å². The number of ether oxygens (including phenoxy) is 3. The van der Waals surface area contributed by atoms with Crippen LogP contribution in [-0.4, -0.2) is 40.5 Å². The number of para-hydroxylation sites is 1. The number of thiazole rings is 1. The Morgan fingerprint density at radius 3 is 2.86 bits per heavy atom. The molecule has 1 aliphatic rings. The number of carbonyl (C=O) groups excluding carboxylic acids is 1. The molecule has 0 spiro atoms. The molecule has 0 atom stereocenters. The van der Waals surface area contributed by atoms with Gasteiger partial charge in [0, 0.05) is 12.3 Å². The smallest absolute Gasteiger partial charge is 0.260 e. The third-order valence-electron chi connectivity index (χ3n) is 4.17. The maximum atomic E-state index is 12.4. The first-order valence-electron chi connectivity index (χ1n) is 8.86. The molecular weight excluding hydrogens is 378 g/mol. The van der Waals surface area contributed by atoms with Crippen molar-refractivity contribution in [3.8, 4) is 17.4 Å². The van der Waals surface area contributed by atoms with Crippen LogP contribution in [0.15, 0.2) is 54.2 Å². The lowest BCUT2D eigenvalue weighted by molar-refractivity contribution is -0.133. The standard InChI is InChI=1S/C20H19N3O4S/c24-20-13-26-18-6-7-19(27-12-16-10-21-14-28-16)22-17(18)11-23(20)8-9-25-15-4-2-1-3-5-15/h1-7,10,14H,8-9,11-13H2.